The smallest absolute Gasteiger partial charge is 0.374 e. The summed E-state index contributed by atoms with van der Waals surface area (Å²) in [4.78, 5) is 1.35. The monoisotopic (exact) mass is 338 g/mol. The number of rotatable bonds is 13. The molecule has 1 aromatic carbocycles. The molecule has 0 amide bonds. The summed E-state index contributed by atoms with van der Waals surface area (Å²) in [6, 6.07) is 11.4. The first-order valence-corrected chi connectivity index (χ1v) is 10.6. The number of hydrogen-bond acceptors (Lipinski definition) is 3. The van der Waals surface area contributed by atoms with Crippen molar-refractivity contribution in [3.05, 3.63) is 48.7 Å². The lowest BCUT2D eigenvalue weighted by Crippen LogP contribution is -3.06. The number of benzene rings is 1. The van der Waals surface area contributed by atoms with E-state index in [9.17, 15) is 0 Å². The van der Waals surface area contributed by atoms with E-state index in [0.29, 0.717) is 19.8 Å². The molecule has 0 aromatic heterocycles. The van der Waals surface area contributed by atoms with Gasteiger partial charge in [0.25, 0.3) is 0 Å². The van der Waals surface area contributed by atoms with Gasteiger partial charge in [-0.2, -0.15) is 0 Å². The average Bonchev–Trinajstić information content (AvgIpc) is 2.55. The minimum atomic E-state index is -2.51. The van der Waals surface area contributed by atoms with Crippen LogP contribution in [-0.2, 0) is 19.8 Å². The zero-order valence-electron chi connectivity index (χ0n) is 14.8. The Bertz CT molecular complexity index is 411. The Morgan fingerprint density at radius 2 is 1.57 bits per heavy atom. The molecule has 0 fully saturated rings. The fourth-order valence-corrected chi connectivity index (χ4v) is 5.27. The van der Waals surface area contributed by atoms with Gasteiger partial charge < -0.3 is 18.2 Å². The third-order valence-electron chi connectivity index (χ3n) is 3.64. The lowest BCUT2D eigenvalue weighted by Gasteiger charge is -2.28. The molecule has 1 rings (SSSR count). The molecule has 23 heavy (non-hydrogen) atoms. The Morgan fingerprint density at radius 1 is 1.00 bits per heavy atom. The molecule has 1 aromatic rings. The van der Waals surface area contributed by atoms with Crippen molar-refractivity contribution in [2.45, 2.75) is 39.8 Å². The molecule has 0 aliphatic heterocycles. The molecule has 0 saturated carbocycles. The van der Waals surface area contributed by atoms with Gasteiger partial charge in [0, 0.05) is 37.8 Å². The van der Waals surface area contributed by atoms with E-state index < -0.39 is 8.80 Å². The maximum absolute atomic E-state index is 5.90. The topological polar surface area (TPSA) is 32.1 Å². The van der Waals surface area contributed by atoms with Crippen molar-refractivity contribution in [3.8, 4) is 0 Å². The fraction of sp³-hybridized carbons (Fsp3) is 0.556. The Hall–Kier alpha value is -0.983. The molecule has 0 heterocycles. The summed E-state index contributed by atoms with van der Waals surface area (Å²) in [5.41, 5.74) is 1.32. The van der Waals surface area contributed by atoms with E-state index >= 15 is 0 Å². The second-order valence-corrected chi connectivity index (χ2v) is 8.09. The van der Waals surface area contributed by atoms with Crippen LogP contribution in [0.25, 0.3) is 0 Å². The largest absolute Gasteiger partial charge is 0.501 e. The summed E-state index contributed by atoms with van der Waals surface area (Å²) in [5.74, 6) is 0. The van der Waals surface area contributed by atoms with Crippen molar-refractivity contribution in [2.75, 3.05) is 26.4 Å². The molecule has 0 spiro atoms. The number of quaternary nitrogens is 1. The molecule has 1 N–H and O–H groups in total. The van der Waals surface area contributed by atoms with Gasteiger partial charge in [0.1, 0.15) is 6.54 Å². The van der Waals surface area contributed by atoms with Gasteiger partial charge in [-0.25, -0.2) is 0 Å². The van der Waals surface area contributed by atoms with Crippen LogP contribution >= 0.6 is 0 Å². The molecule has 0 radical (unpaired) electrons. The van der Waals surface area contributed by atoms with Crippen LogP contribution in [0.5, 0.6) is 0 Å². The highest BCUT2D eigenvalue weighted by molar-refractivity contribution is 6.60. The standard InChI is InChI=1S/C18H31NO3Si/c1-5-19(17-18-13-10-9-11-14-18)15-12-16-23(20-6-2,21-7-3)22-8-4/h5,9-11,13-14H,1,6-8,12,15-17H2,2-4H3/p+1. The van der Waals surface area contributed by atoms with Gasteiger partial charge in [0.2, 0.25) is 0 Å². The van der Waals surface area contributed by atoms with E-state index in [-0.39, 0.29) is 0 Å². The van der Waals surface area contributed by atoms with E-state index in [1.54, 1.807) is 0 Å². The van der Waals surface area contributed by atoms with Crippen molar-refractivity contribution in [1.82, 2.24) is 0 Å². The molecule has 0 saturated heterocycles. The Balaban J connectivity index is 2.53. The summed E-state index contributed by atoms with van der Waals surface area (Å²) in [7, 11) is -2.51. The Morgan fingerprint density at radius 3 is 2.04 bits per heavy atom. The average molecular weight is 339 g/mol. The van der Waals surface area contributed by atoms with E-state index in [1.807, 2.05) is 33.0 Å². The molecule has 5 heteroatoms. The van der Waals surface area contributed by atoms with Gasteiger partial charge in [-0.3, -0.25) is 0 Å². The predicted molar refractivity (Wildman–Crippen MR) is 96.2 cm³/mol. The number of hydrogen-bond donors (Lipinski definition) is 1. The second-order valence-electron chi connectivity index (χ2n) is 5.36. The van der Waals surface area contributed by atoms with Crippen molar-refractivity contribution >= 4 is 8.80 Å². The molecular weight excluding hydrogens is 306 g/mol. The SMILES string of the molecule is C=C[NH+](CCC[Si](OCC)(OCC)OCC)Cc1ccccc1. The Labute approximate surface area is 142 Å². The van der Waals surface area contributed by atoms with Gasteiger partial charge in [0.15, 0.2) is 0 Å². The summed E-state index contributed by atoms with van der Waals surface area (Å²) < 4.78 is 17.7. The third-order valence-corrected chi connectivity index (χ3v) is 6.79. The van der Waals surface area contributed by atoms with Crippen molar-refractivity contribution in [2.24, 2.45) is 0 Å². The van der Waals surface area contributed by atoms with Crippen LogP contribution in [-0.4, -0.2) is 35.2 Å². The number of nitrogens with one attached hydrogen (secondary N) is 1. The summed E-state index contributed by atoms with van der Waals surface area (Å²) in [6.45, 7) is 13.8. The normalized spacial score (nSPS) is 13.0. The van der Waals surface area contributed by atoms with Gasteiger partial charge in [0.05, 0.1) is 12.7 Å². The quantitative estimate of drug-likeness (QED) is 0.561. The lowest BCUT2D eigenvalue weighted by atomic mass is 10.2. The van der Waals surface area contributed by atoms with Gasteiger partial charge in [-0.15, -0.1) is 0 Å². The van der Waals surface area contributed by atoms with Gasteiger partial charge >= 0.3 is 8.80 Å². The minimum absolute atomic E-state index is 0.633. The molecule has 130 valence electrons. The summed E-state index contributed by atoms with van der Waals surface area (Å²) >= 11 is 0. The first kappa shape index (κ1) is 20.1. The molecular formula is C18H32NO3Si+. The highest BCUT2D eigenvalue weighted by Crippen LogP contribution is 2.17. The van der Waals surface area contributed by atoms with E-state index in [0.717, 1.165) is 25.6 Å². The van der Waals surface area contributed by atoms with Crippen molar-refractivity contribution in [1.29, 1.82) is 0 Å². The van der Waals surface area contributed by atoms with E-state index in [4.69, 9.17) is 13.3 Å². The Kier molecular flexibility index (Phi) is 10.1. The fourth-order valence-electron chi connectivity index (χ4n) is 2.65. The third kappa shape index (κ3) is 7.41. The second kappa shape index (κ2) is 11.5. The highest BCUT2D eigenvalue weighted by Gasteiger charge is 2.40. The molecule has 1 unspecified atom stereocenters. The lowest BCUT2D eigenvalue weighted by molar-refractivity contribution is -0.861. The van der Waals surface area contributed by atoms with E-state index in [1.165, 1.54) is 10.5 Å². The van der Waals surface area contributed by atoms with Crippen molar-refractivity contribution < 1.29 is 18.2 Å². The van der Waals surface area contributed by atoms with Crippen LogP contribution in [0, 0.1) is 0 Å². The van der Waals surface area contributed by atoms with Crippen LogP contribution in [0.15, 0.2) is 43.1 Å². The van der Waals surface area contributed by atoms with Crippen LogP contribution < -0.4 is 4.90 Å². The highest BCUT2D eigenvalue weighted by atomic mass is 28.4. The zero-order chi connectivity index (χ0) is 17.0. The molecule has 1 atom stereocenters. The van der Waals surface area contributed by atoms with E-state index in [2.05, 4.69) is 30.8 Å². The maximum Gasteiger partial charge on any atom is 0.501 e. The first-order valence-electron chi connectivity index (χ1n) is 8.62. The van der Waals surface area contributed by atoms with Crippen LogP contribution in [0.2, 0.25) is 6.04 Å². The van der Waals surface area contributed by atoms with Crippen molar-refractivity contribution in [3.63, 3.8) is 0 Å². The minimum Gasteiger partial charge on any atom is -0.374 e. The molecule has 0 bridgehead atoms. The molecule has 0 aliphatic rings. The van der Waals surface area contributed by atoms with Gasteiger partial charge in [-0.05, 0) is 27.4 Å². The first-order chi connectivity index (χ1) is 11.2. The maximum atomic E-state index is 5.90. The molecule has 4 nitrogen and oxygen atoms in total. The van der Waals surface area contributed by atoms with Crippen LogP contribution in [0.1, 0.15) is 32.8 Å². The summed E-state index contributed by atoms with van der Waals surface area (Å²) in [6.07, 6.45) is 2.98. The summed E-state index contributed by atoms with van der Waals surface area (Å²) in [5, 5.41) is 0. The van der Waals surface area contributed by atoms with Crippen LogP contribution in [0.3, 0.4) is 0 Å². The van der Waals surface area contributed by atoms with Crippen LogP contribution in [0.4, 0.5) is 0 Å². The predicted octanol–water partition coefficient (Wildman–Crippen LogP) is 2.65. The van der Waals surface area contributed by atoms with Gasteiger partial charge in [-0.1, -0.05) is 30.3 Å². The zero-order valence-corrected chi connectivity index (χ0v) is 15.8. The molecule has 0 aliphatic carbocycles.